The second-order valence-electron chi connectivity index (χ2n) is 5.33. The van der Waals surface area contributed by atoms with Gasteiger partial charge in [-0.1, -0.05) is 19.1 Å². The summed E-state index contributed by atoms with van der Waals surface area (Å²) in [6, 6.07) is 6.92. The maximum Gasteiger partial charge on any atom is 0.0401 e. The summed E-state index contributed by atoms with van der Waals surface area (Å²) >= 11 is 0. The zero-order chi connectivity index (χ0) is 11.0. The summed E-state index contributed by atoms with van der Waals surface area (Å²) < 4.78 is 0. The van der Waals surface area contributed by atoms with Crippen LogP contribution in [0.5, 0.6) is 0 Å². The van der Waals surface area contributed by atoms with Crippen LogP contribution >= 0.6 is 0 Å². The van der Waals surface area contributed by atoms with Gasteiger partial charge in [-0.05, 0) is 55.2 Å². The zero-order valence-corrected chi connectivity index (χ0v) is 10.2. The van der Waals surface area contributed by atoms with Crippen molar-refractivity contribution >= 4 is 5.69 Å². The SMILES string of the molecule is CC1CCc2c1cccc2N1CCCCC1. The number of hydrogen-bond donors (Lipinski definition) is 0. The average molecular weight is 215 g/mol. The molecule has 1 aromatic rings. The lowest BCUT2D eigenvalue weighted by Gasteiger charge is -2.30. The van der Waals surface area contributed by atoms with Gasteiger partial charge in [0.1, 0.15) is 0 Å². The standard InChI is InChI=1S/C15H21N/c1-12-8-9-14-13(12)6-5-7-15(14)16-10-3-2-4-11-16/h5-7,12H,2-4,8-11H2,1H3. The molecule has 3 rings (SSSR count). The van der Waals surface area contributed by atoms with E-state index in [1.54, 1.807) is 16.8 Å². The van der Waals surface area contributed by atoms with E-state index >= 15 is 0 Å². The summed E-state index contributed by atoms with van der Waals surface area (Å²) in [7, 11) is 0. The summed E-state index contributed by atoms with van der Waals surface area (Å²) in [6.07, 6.45) is 6.81. The Morgan fingerprint density at radius 1 is 1.12 bits per heavy atom. The van der Waals surface area contributed by atoms with Crippen molar-refractivity contribution in [1.82, 2.24) is 0 Å². The molecule has 16 heavy (non-hydrogen) atoms. The fourth-order valence-electron chi connectivity index (χ4n) is 3.27. The molecule has 1 heterocycles. The highest BCUT2D eigenvalue weighted by atomic mass is 15.1. The van der Waals surface area contributed by atoms with Gasteiger partial charge in [0.2, 0.25) is 0 Å². The second-order valence-corrected chi connectivity index (χ2v) is 5.33. The van der Waals surface area contributed by atoms with Gasteiger partial charge < -0.3 is 4.90 Å². The lowest BCUT2D eigenvalue weighted by molar-refractivity contribution is 0.576. The highest BCUT2D eigenvalue weighted by molar-refractivity contribution is 5.59. The molecular formula is C15H21N. The second kappa shape index (κ2) is 4.12. The molecule has 1 saturated heterocycles. The van der Waals surface area contributed by atoms with Crippen molar-refractivity contribution in [2.45, 2.75) is 44.9 Å². The average Bonchev–Trinajstić information content (AvgIpc) is 2.73. The van der Waals surface area contributed by atoms with Crippen LogP contribution in [0.4, 0.5) is 5.69 Å². The molecule has 1 aliphatic carbocycles. The number of piperidine rings is 1. The molecule has 1 atom stereocenters. The van der Waals surface area contributed by atoms with Crippen LogP contribution in [0.1, 0.15) is 49.7 Å². The minimum atomic E-state index is 0.778. The van der Waals surface area contributed by atoms with Gasteiger partial charge in [-0.2, -0.15) is 0 Å². The van der Waals surface area contributed by atoms with Crippen LogP contribution in [0.2, 0.25) is 0 Å². The number of nitrogens with zero attached hydrogens (tertiary/aromatic N) is 1. The number of rotatable bonds is 1. The van der Waals surface area contributed by atoms with Crippen LogP contribution < -0.4 is 4.90 Å². The van der Waals surface area contributed by atoms with Crippen LogP contribution in [-0.2, 0) is 6.42 Å². The summed E-state index contributed by atoms with van der Waals surface area (Å²) in [5, 5.41) is 0. The topological polar surface area (TPSA) is 3.24 Å². The molecule has 1 unspecified atom stereocenters. The van der Waals surface area contributed by atoms with Crippen molar-refractivity contribution in [3.8, 4) is 0 Å². The first kappa shape index (κ1) is 10.2. The van der Waals surface area contributed by atoms with E-state index in [0.29, 0.717) is 0 Å². The van der Waals surface area contributed by atoms with Crippen molar-refractivity contribution in [2.75, 3.05) is 18.0 Å². The monoisotopic (exact) mass is 215 g/mol. The van der Waals surface area contributed by atoms with E-state index < -0.39 is 0 Å². The minimum absolute atomic E-state index is 0.778. The Labute approximate surface area is 98.5 Å². The Balaban J connectivity index is 1.95. The fourth-order valence-corrected chi connectivity index (χ4v) is 3.27. The molecule has 0 spiro atoms. The van der Waals surface area contributed by atoms with E-state index in [1.807, 2.05) is 0 Å². The van der Waals surface area contributed by atoms with E-state index in [2.05, 4.69) is 30.0 Å². The number of fused-ring (bicyclic) bond motifs is 1. The molecule has 1 nitrogen and oxygen atoms in total. The van der Waals surface area contributed by atoms with E-state index in [0.717, 1.165) is 5.92 Å². The molecular weight excluding hydrogens is 194 g/mol. The van der Waals surface area contributed by atoms with E-state index in [4.69, 9.17) is 0 Å². The summed E-state index contributed by atoms with van der Waals surface area (Å²) in [5.74, 6) is 0.778. The van der Waals surface area contributed by atoms with Gasteiger partial charge in [-0.25, -0.2) is 0 Å². The minimum Gasteiger partial charge on any atom is -0.371 e. The molecule has 2 aliphatic rings. The summed E-state index contributed by atoms with van der Waals surface area (Å²) in [5.41, 5.74) is 4.81. The van der Waals surface area contributed by atoms with Crippen LogP contribution in [0.3, 0.4) is 0 Å². The van der Waals surface area contributed by atoms with Crippen LogP contribution in [0.25, 0.3) is 0 Å². The lowest BCUT2D eigenvalue weighted by atomic mass is 10.0. The van der Waals surface area contributed by atoms with E-state index in [1.165, 1.54) is 45.2 Å². The number of benzene rings is 1. The first-order valence-corrected chi connectivity index (χ1v) is 6.73. The van der Waals surface area contributed by atoms with Crippen molar-refractivity contribution in [3.05, 3.63) is 29.3 Å². The third-order valence-corrected chi connectivity index (χ3v) is 4.24. The van der Waals surface area contributed by atoms with E-state index in [9.17, 15) is 0 Å². The highest BCUT2D eigenvalue weighted by Gasteiger charge is 2.23. The molecule has 0 amide bonds. The van der Waals surface area contributed by atoms with Crippen LogP contribution in [0.15, 0.2) is 18.2 Å². The normalized spacial score (nSPS) is 24.6. The van der Waals surface area contributed by atoms with E-state index in [-0.39, 0.29) is 0 Å². The molecule has 0 N–H and O–H groups in total. The lowest BCUT2D eigenvalue weighted by Crippen LogP contribution is -2.30. The van der Waals surface area contributed by atoms with Crippen LogP contribution in [-0.4, -0.2) is 13.1 Å². The van der Waals surface area contributed by atoms with Crippen LogP contribution in [0, 0.1) is 0 Å². The Morgan fingerprint density at radius 3 is 2.75 bits per heavy atom. The first-order chi connectivity index (χ1) is 7.86. The summed E-state index contributed by atoms with van der Waals surface area (Å²) in [4.78, 5) is 2.61. The van der Waals surface area contributed by atoms with Gasteiger partial charge in [0.05, 0.1) is 0 Å². The Bertz CT molecular complexity index is 377. The summed E-state index contributed by atoms with van der Waals surface area (Å²) in [6.45, 7) is 4.90. The maximum atomic E-state index is 2.61. The number of anilines is 1. The number of hydrogen-bond acceptors (Lipinski definition) is 1. The largest absolute Gasteiger partial charge is 0.371 e. The van der Waals surface area contributed by atoms with Crippen molar-refractivity contribution < 1.29 is 0 Å². The molecule has 0 saturated carbocycles. The van der Waals surface area contributed by atoms with Crippen molar-refractivity contribution in [2.24, 2.45) is 0 Å². The maximum absolute atomic E-state index is 2.61. The molecule has 1 heteroatoms. The molecule has 1 fully saturated rings. The Hall–Kier alpha value is -0.980. The zero-order valence-electron chi connectivity index (χ0n) is 10.2. The third kappa shape index (κ3) is 1.63. The molecule has 0 bridgehead atoms. The van der Waals surface area contributed by atoms with Gasteiger partial charge in [0.15, 0.2) is 0 Å². The molecule has 0 radical (unpaired) electrons. The van der Waals surface area contributed by atoms with Gasteiger partial charge in [0, 0.05) is 18.8 Å². The molecule has 0 aromatic heterocycles. The smallest absolute Gasteiger partial charge is 0.0401 e. The Kier molecular flexibility index (Phi) is 2.62. The highest BCUT2D eigenvalue weighted by Crippen LogP contribution is 2.38. The predicted molar refractivity (Wildman–Crippen MR) is 69.2 cm³/mol. The predicted octanol–water partition coefficient (Wildman–Crippen LogP) is 3.73. The van der Waals surface area contributed by atoms with Gasteiger partial charge in [-0.3, -0.25) is 0 Å². The third-order valence-electron chi connectivity index (χ3n) is 4.24. The van der Waals surface area contributed by atoms with Gasteiger partial charge in [0.25, 0.3) is 0 Å². The van der Waals surface area contributed by atoms with Crippen molar-refractivity contribution in [3.63, 3.8) is 0 Å². The van der Waals surface area contributed by atoms with Gasteiger partial charge in [-0.15, -0.1) is 0 Å². The first-order valence-electron chi connectivity index (χ1n) is 6.73. The van der Waals surface area contributed by atoms with Gasteiger partial charge >= 0.3 is 0 Å². The Morgan fingerprint density at radius 2 is 1.94 bits per heavy atom. The van der Waals surface area contributed by atoms with Crippen molar-refractivity contribution in [1.29, 1.82) is 0 Å². The molecule has 86 valence electrons. The fraction of sp³-hybridized carbons (Fsp3) is 0.600. The molecule has 1 aromatic carbocycles. The molecule has 1 aliphatic heterocycles. The quantitative estimate of drug-likeness (QED) is 0.690.